The molecule has 98 valence electrons. The van der Waals surface area contributed by atoms with Gasteiger partial charge in [-0.05, 0) is 25.5 Å². The minimum Gasteiger partial charge on any atom is -0.431 e. The summed E-state index contributed by atoms with van der Waals surface area (Å²) in [6, 6.07) is 4.70. The fourth-order valence-electron chi connectivity index (χ4n) is 1.51. The van der Waals surface area contributed by atoms with Crippen LogP contribution < -0.4 is 10.5 Å². The van der Waals surface area contributed by atoms with Gasteiger partial charge < -0.3 is 10.5 Å². The molecule has 2 rings (SSSR count). The van der Waals surface area contributed by atoms with Crippen molar-refractivity contribution in [3.63, 3.8) is 0 Å². The minimum absolute atomic E-state index is 0.114. The van der Waals surface area contributed by atoms with Crippen LogP contribution in [0.25, 0.3) is 0 Å². The third-order valence-electron chi connectivity index (χ3n) is 2.59. The van der Waals surface area contributed by atoms with Gasteiger partial charge >= 0.3 is 5.69 Å². The monoisotopic (exact) mass is 260 g/mol. The molecule has 0 saturated heterocycles. The van der Waals surface area contributed by atoms with Crippen LogP contribution in [0.5, 0.6) is 11.6 Å². The fraction of sp³-hybridized carbons (Fsp3) is 0.167. The maximum atomic E-state index is 11.0. The van der Waals surface area contributed by atoms with Crippen molar-refractivity contribution in [1.82, 2.24) is 9.97 Å². The molecule has 0 aliphatic rings. The molecule has 7 heteroatoms. The van der Waals surface area contributed by atoms with Crippen LogP contribution in [0.2, 0.25) is 0 Å². The van der Waals surface area contributed by atoms with Gasteiger partial charge in [-0.1, -0.05) is 6.07 Å². The first-order valence-electron chi connectivity index (χ1n) is 5.49. The average Bonchev–Trinajstić information content (AvgIpc) is 2.36. The number of aryl methyl sites for hydroxylation is 1. The largest absolute Gasteiger partial charge is 0.431 e. The van der Waals surface area contributed by atoms with Gasteiger partial charge in [-0.2, -0.15) is 0 Å². The number of nitrogen functional groups attached to an aromatic ring is 1. The van der Waals surface area contributed by atoms with Crippen molar-refractivity contribution in [3.8, 4) is 11.6 Å². The standard InChI is InChI=1S/C12H12N4O3/c1-7-3-4-10(9(5-7)16(17)18)19-12-8(2)11(13)14-6-15-12/h3-6H,1-2H3,(H2,13,14,15). The Balaban J connectivity index is 2.44. The number of hydrogen-bond donors (Lipinski definition) is 1. The summed E-state index contributed by atoms with van der Waals surface area (Å²) in [4.78, 5) is 18.2. The first-order chi connectivity index (χ1) is 8.99. The van der Waals surface area contributed by atoms with Gasteiger partial charge in [-0.15, -0.1) is 0 Å². The summed E-state index contributed by atoms with van der Waals surface area (Å²) in [6.45, 7) is 3.45. The molecule has 1 aromatic heterocycles. The van der Waals surface area contributed by atoms with Crippen molar-refractivity contribution in [1.29, 1.82) is 0 Å². The Kier molecular flexibility index (Phi) is 3.28. The quantitative estimate of drug-likeness (QED) is 0.671. The van der Waals surface area contributed by atoms with Crippen LogP contribution in [-0.4, -0.2) is 14.9 Å². The number of benzene rings is 1. The second-order valence-corrected chi connectivity index (χ2v) is 4.02. The van der Waals surface area contributed by atoms with Gasteiger partial charge in [0.1, 0.15) is 12.1 Å². The Morgan fingerprint density at radius 3 is 2.74 bits per heavy atom. The molecule has 7 nitrogen and oxygen atoms in total. The Bertz CT molecular complexity index is 643. The maximum Gasteiger partial charge on any atom is 0.311 e. The molecule has 0 fully saturated rings. The molecule has 0 saturated carbocycles. The Morgan fingerprint density at radius 1 is 1.32 bits per heavy atom. The summed E-state index contributed by atoms with van der Waals surface area (Å²) in [7, 11) is 0. The second kappa shape index (κ2) is 4.89. The van der Waals surface area contributed by atoms with E-state index in [0.29, 0.717) is 5.56 Å². The third kappa shape index (κ3) is 2.59. The first-order valence-corrected chi connectivity index (χ1v) is 5.49. The maximum absolute atomic E-state index is 11.0. The summed E-state index contributed by atoms with van der Waals surface area (Å²) in [6.07, 6.45) is 1.25. The highest BCUT2D eigenvalue weighted by atomic mass is 16.6. The zero-order chi connectivity index (χ0) is 14.0. The van der Waals surface area contributed by atoms with Crippen molar-refractivity contribution in [2.24, 2.45) is 0 Å². The van der Waals surface area contributed by atoms with Crippen LogP contribution in [0.3, 0.4) is 0 Å². The lowest BCUT2D eigenvalue weighted by Gasteiger charge is -2.08. The lowest BCUT2D eigenvalue weighted by Crippen LogP contribution is -2.00. The lowest BCUT2D eigenvalue weighted by molar-refractivity contribution is -0.385. The van der Waals surface area contributed by atoms with E-state index >= 15 is 0 Å². The number of ether oxygens (including phenoxy) is 1. The van der Waals surface area contributed by atoms with E-state index in [2.05, 4.69) is 9.97 Å². The molecule has 0 radical (unpaired) electrons. The zero-order valence-corrected chi connectivity index (χ0v) is 10.5. The molecule has 2 aromatic rings. The molecule has 0 aliphatic carbocycles. The molecule has 2 N–H and O–H groups in total. The van der Waals surface area contributed by atoms with Crippen molar-refractivity contribution in [2.75, 3.05) is 5.73 Å². The highest BCUT2D eigenvalue weighted by molar-refractivity contribution is 5.52. The average molecular weight is 260 g/mol. The summed E-state index contributed by atoms with van der Waals surface area (Å²) < 4.78 is 5.46. The number of hydrogen-bond acceptors (Lipinski definition) is 6. The highest BCUT2D eigenvalue weighted by Gasteiger charge is 2.17. The predicted molar refractivity (Wildman–Crippen MR) is 69.1 cm³/mol. The van der Waals surface area contributed by atoms with E-state index in [1.807, 2.05) is 0 Å². The molecule has 1 heterocycles. The van der Waals surface area contributed by atoms with Crippen LogP contribution in [-0.2, 0) is 0 Å². The van der Waals surface area contributed by atoms with E-state index in [9.17, 15) is 10.1 Å². The summed E-state index contributed by atoms with van der Waals surface area (Å²) >= 11 is 0. The van der Waals surface area contributed by atoms with Gasteiger partial charge in [0.2, 0.25) is 11.6 Å². The first kappa shape index (κ1) is 12.7. The Hall–Kier alpha value is -2.70. The molecule has 0 atom stereocenters. The zero-order valence-electron chi connectivity index (χ0n) is 10.5. The van der Waals surface area contributed by atoms with Gasteiger partial charge in [-0.3, -0.25) is 10.1 Å². The van der Waals surface area contributed by atoms with Crippen molar-refractivity contribution < 1.29 is 9.66 Å². The van der Waals surface area contributed by atoms with E-state index in [4.69, 9.17) is 10.5 Å². The Morgan fingerprint density at radius 2 is 2.05 bits per heavy atom. The fourth-order valence-corrected chi connectivity index (χ4v) is 1.51. The number of rotatable bonds is 3. The van der Waals surface area contributed by atoms with E-state index in [-0.39, 0.29) is 23.1 Å². The second-order valence-electron chi connectivity index (χ2n) is 4.02. The number of nitro benzene ring substituents is 1. The topological polar surface area (TPSA) is 104 Å². The molecule has 0 unspecified atom stereocenters. The third-order valence-corrected chi connectivity index (χ3v) is 2.59. The number of nitrogens with zero attached hydrogens (tertiary/aromatic N) is 3. The van der Waals surface area contributed by atoms with Gasteiger partial charge in [0.05, 0.1) is 10.5 Å². The lowest BCUT2D eigenvalue weighted by atomic mass is 10.2. The van der Waals surface area contributed by atoms with E-state index in [1.165, 1.54) is 18.5 Å². The van der Waals surface area contributed by atoms with Crippen molar-refractivity contribution >= 4 is 11.5 Å². The summed E-state index contributed by atoms with van der Waals surface area (Å²) in [5, 5.41) is 11.0. The van der Waals surface area contributed by atoms with Gasteiger partial charge in [0.25, 0.3) is 0 Å². The van der Waals surface area contributed by atoms with Crippen LogP contribution in [0.1, 0.15) is 11.1 Å². The van der Waals surface area contributed by atoms with Crippen LogP contribution in [0.4, 0.5) is 11.5 Å². The van der Waals surface area contributed by atoms with Crippen molar-refractivity contribution in [3.05, 3.63) is 45.8 Å². The number of nitro groups is 1. The molecular weight excluding hydrogens is 248 g/mol. The number of anilines is 1. The number of aromatic nitrogens is 2. The Labute approximate surface area is 109 Å². The molecule has 0 amide bonds. The highest BCUT2D eigenvalue weighted by Crippen LogP contribution is 2.32. The van der Waals surface area contributed by atoms with Crippen LogP contribution >= 0.6 is 0 Å². The van der Waals surface area contributed by atoms with E-state index < -0.39 is 4.92 Å². The van der Waals surface area contributed by atoms with Gasteiger partial charge in [-0.25, -0.2) is 9.97 Å². The molecule has 0 spiro atoms. The molecule has 0 bridgehead atoms. The summed E-state index contributed by atoms with van der Waals surface area (Å²) in [5.74, 6) is 0.607. The predicted octanol–water partition coefficient (Wildman–Crippen LogP) is 2.38. The van der Waals surface area contributed by atoms with Crippen molar-refractivity contribution in [2.45, 2.75) is 13.8 Å². The van der Waals surface area contributed by atoms with Crippen LogP contribution in [0.15, 0.2) is 24.5 Å². The van der Waals surface area contributed by atoms with E-state index in [1.54, 1.807) is 19.9 Å². The smallest absolute Gasteiger partial charge is 0.311 e. The van der Waals surface area contributed by atoms with Gasteiger partial charge in [0.15, 0.2) is 0 Å². The SMILES string of the molecule is Cc1ccc(Oc2ncnc(N)c2C)c([N+](=O)[O-])c1. The number of nitrogens with two attached hydrogens (primary N) is 1. The molecule has 19 heavy (non-hydrogen) atoms. The normalized spacial score (nSPS) is 10.2. The van der Waals surface area contributed by atoms with E-state index in [0.717, 1.165) is 5.56 Å². The minimum atomic E-state index is -0.498. The molecule has 0 aliphatic heterocycles. The molecule has 1 aromatic carbocycles. The van der Waals surface area contributed by atoms with Gasteiger partial charge in [0, 0.05) is 6.07 Å². The van der Waals surface area contributed by atoms with Crippen LogP contribution in [0, 0.1) is 24.0 Å². The summed E-state index contributed by atoms with van der Waals surface area (Å²) in [5.41, 5.74) is 6.83. The molecular formula is C12H12N4O3.